The van der Waals surface area contributed by atoms with E-state index in [1.54, 1.807) is 12.3 Å². The number of aromatic nitrogens is 3. The molecule has 2 aromatic rings. The van der Waals surface area contributed by atoms with E-state index in [0.29, 0.717) is 17.0 Å². The van der Waals surface area contributed by atoms with Crippen LogP contribution in [0.4, 0.5) is 0 Å². The van der Waals surface area contributed by atoms with Crippen molar-refractivity contribution >= 4 is 5.97 Å². The van der Waals surface area contributed by atoms with Crippen LogP contribution in [0, 0.1) is 0 Å². The Balaban J connectivity index is 2.35. The summed E-state index contributed by atoms with van der Waals surface area (Å²) in [4.78, 5) is 10.5. The number of carbonyl (C=O) groups is 1. The molecule has 72 valence electrons. The second-order valence-electron chi connectivity index (χ2n) is 2.72. The van der Waals surface area contributed by atoms with Crippen molar-refractivity contribution in [2.45, 2.75) is 6.42 Å². The molecule has 2 N–H and O–H groups in total. The van der Waals surface area contributed by atoms with Crippen LogP contribution in [-0.4, -0.2) is 26.4 Å². The van der Waals surface area contributed by atoms with Gasteiger partial charge in [-0.1, -0.05) is 5.16 Å². The minimum atomic E-state index is -0.922. The fraction of sp³-hybridized carbons (Fsp3) is 0.125. The van der Waals surface area contributed by atoms with Crippen molar-refractivity contribution in [2.75, 3.05) is 0 Å². The summed E-state index contributed by atoms with van der Waals surface area (Å²) in [6.45, 7) is 0. The molecule has 0 aliphatic heterocycles. The minimum absolute atomic E-state index is 0.113. The van der Waals surface area contributed by atoms with Crippen molar-refractivity contribution < 1.29 is 14.4 Å². The summed E-state index contributed by atoms with van der Waals surface area (Å²) in [7, 11) is 0. The summed E-state index contributed by atoms with van der Waals surface area (Å²) in [6.07, 6.45) is 2.84. The Morgan fingerprint density at radius 1 is 1.64 bits per heavy atom. The fourth-order valence-electron chi connectivity index (χ4n) is 1.15. The van der Waals surface area contributed by atoms with Crippen LogP contribution in [0.5, 0.6) is 0 Å². The smallest absolute Gasteiger partial charge is 0.308 e. The van der Waals surface area contributed by atoms with Crippen molar-refractivity contribution in [1.82, 2.24) is 15.4 Å². The molecule has 0 fully saturated rings. The number of nitrogens with one attached hydrogen (secondary N) is 1. The number of H-pyrrole nitrogens is 1. The van der Waals surface area contributed by atoms with Crippen LogP contribution >= 0.6 is 0 Å². The fourth-order valence-corrected chi connectivity index (χ4v) is 1.15. The number of aromatic amines is 1. The van der Waals surface area contributed by atoms with Crippen LogP contribution in [0.15, 0.2) is 23.0 Å². The molecule has 0 spiro atoms. The number of carboxylic acids is 1. The molecular formula is C8H7N3O3. The molecule has 0 saturated carbocycles. The van der Waals surface area contributed by atoms with E-state index in [9.17, 15) is 4.79 Å². The van der Waals surface area contributed by atoms with Gasteiger partial charge in [0.05, 0.1) is 12.6 Å². The van der Waals surface area contributed by atoms with Crippen LogP contribution in [0.1, 0.15) is 5.56 Å². The molecule has 0 aliphatic carbocycles. The van der Waals surface area contributed by atoms with Gasteiger partial charge in [0.1, 0.15) is 5.69 Å². The quantitative estimate of drug-likeness (QED) is 0.748. The van der Waals surface area contributed by atoms with Gasteiger partial charge in [0.25, 0.3) is 0 Å². The number of carboxylic acid groups (broad SMARTS) is 1. The normalized spacial score (nSPS) is 10.3. The van der Waals surface area contributed by atoms with Gasteiger partial charge in [-0.3, -0.25) is 9.89 Å². The first-order valence-corrected chi connectivity index (χ1v) is 3.92. The molecule has 0 saturated heterocycles. The zero-order valence-electron chi connectivity index (χ0n) is 7.10. The lowest BCUT2D eigenvalue weighted by Crippen LogP contribution is -1.99. The van der Waals surface area contributed by atoms with Gasteiger partial charge < -0.3 is 9.63 Å². The van der Waals surface area contributed by atoms with Gasteiger partial charge in [0, 0.05) is 11.8 Å². The Bertz CT molecular complexity index is 432. The summed E-state index contributed by atoms with van der Waals surface area (Å²) in [5, 5.41) is 18.6. The predicted molar refractivity (Wildman–Crippen MR) is 45.4 cm³/mol. The topological polar surface area (TPSA) is 92.0 Å². The molecule has 14 heavy (non-hydrogen) atoms. The molecule has 0 atom stereocenters. The first-order chi connectivity index (χ1) is 6.77. The maximum Gasteiger partial charge on any atom is 0.308 e. The minimum Gasteiger partial charge on any atom is -0.481 e. The van der Waals surface area contributed by atoms with E-state index in [2.05, 4.69) is 15.4 Å². The number of aliphatic carboxylic acids is 1. The van der Waals surface area contributed by atoms with Crippen LogP contribution < -0.4 is 0 Å². The molecule has 2 heterocycles. The first kappa shape index (κ1) is 8.49. The first-order valence-electron chi connectivity index (χ1n) is 3.92. The molecule has 0 unspecified atom stereocenters. The van der Waals surface area contributed by atoms with Gasteiger partial charge in [-0.25, -0.2) is 0 Å². The van der Waals surface area contributed by atoms with Gasteiger partial charge in [-0.2, -0.15) is 5.10 Å². The molecule has 6 heteroatoms. The highest BCUT2D eigenvalue weighted by Crippen LogP contribution is 2.21. The lowest BCUT2D eigenvalue weighted by Gasteiger charge is -1.93. The second-order valence-corrected chi connectivity index (χ2v) is 2.72. The average molecular weight is 193 g/mol. The maximum atomic E-state index is 10.5. The Kier molecular flexibility index (Phi) is 2.02. The van der Waals surface area contributed by atoms with Crippen molar-refractivity contribution in [1.29, 1.82) is 0 Å². The summed E-state index contributed by atoms with van der Waals surface area (Å²) >= 11 is 0. The molecular weight excluding hydrogens is 186 g/mol. The summed E-state index contributed by atoms with van der Waals surface area (Å²) in [5.41, 5.74) is 1.15. The maximum absolute atomic E-state index is 10.5. The number of hydrogen-bond acceptors (Lipinski definition) is 4. The van der Waals surface area contributed by atoms with Gasteiger partial charge in [-0.05, 0) is 6.07 Å². The highest BCUT2D eigenvalue weighted by atomic mass is 16.5. The van der Waals surface area contributed by atoms with Crippen molar-refractivity contribution in [2.24, 2.45) is 0 Å². The van der Waals surface area contributed by atoms with Crippen LogP contribution in [0.3, 0.4) is 0 Å². The highest BCUT2D eigenvalue weighted by molar-refractivity contribution is 5.73. The Hall–Kier alpha value is -2.11. The third kappa shape index (κ3) is 1.49. The lowest BCUT2D eigenvalue weighted by molar-refractivity contribution is -0.136. The molecule has 0 radical (unpaired) electrons. The standard InChI is InChI=1S/C8H7N3O3/c12-7(13)3-5-4-10-14-8(5)6-1-2-9-11-6/h1-2,4H,3H2,(H,9,11)(H,12,13). The monoisotopic (exact) mass is 193 g/mol. The molecule has 2 aromatic heterocycles. The average Bonchev–Trinajstić information content (AvgIpc) is 2.70. The van der Waals surface area contributed by atoms with E-state index in [0.717, 1.165) is 0 Å². The van der Waals surface area contributed by atoms with Crippen molar-refractivity contribution in [3.63, 3.8) is 0 Å². The van der Waals surface area contributed by atoms with Crippen LogP contribution in [0.2, 0.25) is 0 Å². The van der Waals surface area contributed by atoms with Crippen molar-refractivity contribution in [3.8, 4) is 11.5 Å². The largest absolute Gasteiger partial charge is 0.481 e. The van der Waals surface area contributed by atoms with E-state index in [4.69, 9.17) is 9.63 Å². The molecule has 0 aromatic carbocycles. The van der Waals surface area contributed by atoms with Gasteiger partial charge in [0.15, 0.2) is 5.76 Å². The Morgan fingerprint density at radius 3 is 3.14 bits per heavy atom. The Morgan fingerprint density at radius 2 is 2.50 bits per heavy atom. The lowest BCUT2D eigenvalue weighted by atomic mass is 10.1. The predicted octanol–water partition coefficient (Wildman–Crippen LogP) is 0.692. The van der Waals surface area contributed by atoms with Gasteiger partial charge in [-0.15, -0.1) is 0 Å². The molecule has 6 nitrogen and oxygen atoms in total. The summed E-state index contributed by atoms with van der Waals surface area (Å²) in [5.74, 6) is -0.501. The van der Waals surface area contributed by atoms with E-state index in [1.807, 2.05) is 0 Å². The van der Waals surface area contributed by atoms with E-state index >= 15 is 0 Å². The van der Waals surface area contributed by atoms with Crippen LogP contribution in [0.25, 0.3) is 11.5 Å². The number of rotatable bonds is 3. The molecule has 2 rings (SSSR count). The van der Waals surface area contributed by atoms with Gasteiger partial charge >= 0.3 is 5.97 Å². The van der Waals surface area contributed by atoms with Crippen LogP contribution in [-0.2, 0) is 11.2 Å². The summed E-state index contributed by atoms with van der Waals surface area (Å²) < 4.78 is 4.93. The molecule has 0 bridgehead atoms. The molecule has 0 amide bonds. The van der Waals surface area contributed by atoms with E-state index < -0.39 is 5.97 Å². The zero-order valence-corrected chi connectivity index (χ0v) is 7.10. The van der Waals surface area contributed by atoms with E-state index in [-0.39, 0.29) is 6.42 Å². The second kappa shape index (κ2) is 3.33. The number of nitrogens with zero attached hydrogens (tertiary/aromatic N) is 2. The third-order valence-electron chi connectivity index (χ3n) is 1.73. The highest BCUT2D eigenvalue weighted by Gasteiger charge is 2.14. The SMILES string of the molecule is O=C(O)Cc1cnoc1-c1ccn[nH]1. The van der Waals surface area contributed by atoms with Gasteiger partial charge in [0.2, 0.25) is 0 Å². The zero-order chi connectivity index (χ0) is 9.97. The van der Waals surface area contributed by atoms with E-state index in [1.165, 1.54) is 6.20 Å². The number of hydrogen-bond donors (Lipinski definition) is 2. The third-order valence-corrected chi connectivity index (χ3v) is 1.73. The molecule has 0 aliphatic rings. The summed E-state index contributed by atoms with van der Waals surface area (Å²) in [6, 6.07) is 1.69. The van der Waals surface area contributed by atoms with Crippen molar-refractivity contribution in [3.05, 3.63) is 24.0 Å². The Labute approximate surface area is 78.5 Å².